The predicted octanol–water partition coefficient (Wildman–Crippen LogP) is 0.396. The number of hydrogen-bond donors (Lipinski definition) is 1. The van der Waals surface area contributed by atoms with Crippen LogP contribution in [0.25, 0.3) is 0 Å². The van der Waals surface area contributed by atoms with E-state index in [4.69, 9.17) is 0 Å². The first-order valence-electron chi connectivity index (χ1n) is 6.26. The van der Waals surface area contributed by atoms with E-state index < -0.39 is 0 Å². The van der Waals surface area contributed by atoms with Crippen molar-refractivity contribution in [2.24, 2.45) is 5.92 Å². The highest BCUT2D eigenvalue weighted by molar-refractivity contribution is 5.76. The van der Waals surface area contributed by atoms with Gasteiger partial charge in [0.1, 0.15) is 0 Å². The number of amides is 1. The molecular weight excluding hydrogens is 202 g/mol. The fourth-order valence-electron chi connectivity index (χ4n) is 2.23. The van der Waals surface area contributed by atoms with E-state index in [0.29, 0.717) is 12.3 Å². The van der Waals surface area contributed by atoms with Gasteiger partial charge < -0.3 is 15.1 Å². The van der Waals surface area contributed by atoms with Crippen molar-refractivity contribution < 1.29 is 4.79 Å². The highest BCUT2D eigenvalue weighted by Crippen LogP contribution is 2.15. The van der Waals surface area contributed by atoms with Gasteiger partial charge in [-0.1, -0.05) is 6.92 Å². The molecule has 0 aromatic carbocycles. The molecule has 0 spiro atoms. The Hall–Kier alpha value is -0.610. The van der Waals surface area contributed by atoms with Crippen molar-refractivity contribution in [1.82, 2.24) is 15.1 Å². The van der Waals surface area contributed by atoms with E-state index in [1.807, 2.05) is 11.9 Å². The molecule has 1 heterocycles. The largest absolute Gasteiger partial charge is 0.345 e. The van der Waals surface area contributed by atoms with Crippen molar-refractivity contribution in [1.29, 1.82) is 0 Å². The molecule has 0 radical (unpaired) electrons. The minimum absolute atomic E-state index is 0.260. The smallest absolute Gasteiger partial charge is 0.223 e. The Morgan fingerprint density at radius 1 is 1.56 bits per heavy atom. The third-order valence-corrected chi connectivity index (χ3v) is 3.21. The minimum Gasteiger partial charge on any atom is -0.345 e. The number of nitrogens with one attached hydrogen (secondary N) is 1. The van der Waals surface area contributed by atoms with Gasteiger partial charge in [-0.15, -0.1) is 0 Å². The van der Waals surface area contributed by atoms with Gasteiger partial charge in [0.25, 0.3) is 0 Å². The summed E-state index contributed by atoms with van der Waals surface area (Å²) in [5.74, 6) is 0.925. The number of nitrogens with zero attached hydrogens (tertiary/aromatic N) is 2. The summed E-state index contributed by atoms with van der Waals surface area (Å²) in [7, 11) is 4.07. The normalized spacial score (nSPS) is 21.3. The molecule has 1 aliphatic rings. The lowest BCUT2D eigenvalue weighted by atomic mass is 10.1. The van der Waals surface area contributed by atoms with Gasteiger partial charge in [0.05, 0.1) is 0 Å². The molecule has 94 valence electrons. The summed E-state index contributed by atoms with van der Waals surface area (Å²) in [5, 5.41) is 3.18. The molecule has 0 bridgehead atoms. The summed E-state index contributed by atoms with van der Waals surface area (Å²) in [5.41, 5.74) is 0. The average Bonchev–Trinajstić information content (AvgIpc) is 2.64. The zero-order chi connectivity index (χ0) is 12.0. The van der Waals surface area contributed by atoms with Crippen molar-refractivity contribution in [2.75, 3.05) is 46.8 Å². The first-order valence-corrected chi connectivity index (χ1v) is 6.26. The maximum Gasteiger partial charge on any atom is 0.223 e. The first-order chi connectivity index (χ1) is 7.63. The highest BCUT2D eigenvalue weighted by atomic mass is 16.2. The monoisotopic (exact) mass is 227 g/mol. The van der Waals surface area contributed by atoms with E-state index in [2.05, 4.69) is 24.2 Å². The number of likely N-dealkylation sites (tertiary alicyclic amines) is 1. The molecule has 1 N–H and O–H groups in total. The SMILES string of the molecule is CCNCCC(=O)N(C)CC1CCN(C)C1. The van der Waals surface area contributed by atoms with Gasteiger partial charge in [-0.25, -0.2) is 0 Å². The fraction of sp³-hybridized carbons (Fsp3) is 0.917. The maximum absolute atomic E-state index is 11.8. The van der Waals surface area contributed by atoms with Crippen molar-refractivity contribution in [3.8, 4) is 0 Å². The van der Waals surface area contributed by atoms with Crippen LogP contribution < -0.4 is 5.32 Å². The summed E-state index contributed by atoms with van der Waals surface area (Å²) >= 11 is 0. The Balaban J connectivity index is 2.18. The van der Waals surface area contributed by atoms with Crippen LogP contribution in [0, 0.1) is 5.92 Å². The van der Waals surface area contributed by atoms with E-state index in [0.717, 1.165) is 26.2 Å². The first kappa shape index (κ1) is 13.5. The van der Waals surface area contributed by atoms with E-state index in [1.165, 1.54) is 13.0 Å². The quantitative estimate of drug-likeness (QED) is 0.667. The van der Waals surface area contributed by atoms with Gasteiger partial charge in [0, 0.05) is 33.1 Å². The van der Waals surface area contributed by atoms with Crippen LogP contribution >= 0.6 is 0 Å². The maximum atomic E-state index is 11.8. The second-order valence-corrected chi connectivity index (χ2v) is 4.79. The van der Waals surface area contributed by atoms with Crippen LogP contribution in [0.4, 0.5) is 0 Å². The van der Waals surface area contributed by atoms with Crippen LogP contribution in [-0.4, -0.2) is 62.5 Å². The standard InChI is InChI=1S/C12H25N3O/c1-4-13-7-5-12(16)15(3)10-11-6-8-14(2)9-11/h11,13H,4-10H2,1-3H3. The molecule has 1 fully saturated rings. The summed E-state index contributed by atoms with van der Waals surface area (Å²) in [6, 6.07) is 0. The van der Waals surface area contributed by atoms with Crippen molar-refractivity contribution in [2.45, 2.75) is 19.8 Å². The molecule has 1 saturated heterocycles. The Kier molecular flexibility index (Phi) is 5.77. The number of carbonyl (C=O) groups is 1. The Morgan fingerprint density at radius 3 is 2.88 bits per heavy atom. The Morgan fingerprint density at radius 2 is 2.31 bits per heavy atom. The van der Waals surface area contributed by atoms with Gasteiger partial charge >= 0.3 is 0 Å². The molecule has 16 heavy (non-hydrogen) atoms. The Labute approximate surface area is 99.0 Å². The molecule has 1 aliphatic heterocycles. The molecule has 1 rings (SSSR count). The summed E-state index contributed by atoms with van der Waals surface area (Å²) in [6.45, 7) is 7.00. The van der Waals surface area contributed by atoms with Crippen LogP contribution in [0.2, 0.25) is 0 Å². The van der Waals surface area contributed by atoms with Crippen LogP contribution in [0.15, 0.2) is 0 Å². The molecule has 0 aliphatic carbocycles. The molecule has 0 saturated carbocycles. The average molecular weight is 227 g/mol. The van der Waals surface area contributed by atoms with Gasteiger partial charge in [-0.3, -0.25) is 4.79 Å². The lowest BCUT2D eigenvalue weighted by Crippen LogP contribution is -2.34. The molecule has 0 aromatic rings. The van der Waals surface area contributed by atoms with Crippen LogP contribution in [0.1, 0.15) is 19.8 Å². The van der Waals surface area contributed by atoms with Crippen molar-refractivity contribution >= 4 is 5.91 Å². The molecule has 1 amide bonds. The molecule has 1 atom stereocenters. The van der Waals surface area contributed by atoms with Gasteiger partial charge in [0.15, 0.2) is 0 Å². The van der Waals surface area contributed by atoms with Gasteiger partial charge in [-0.2, -0.15) is 0 Å². The van der Waals surface area contributed by atoms with Crippen molar-refractivity contribution in [3.63, 3.8) is 0 Å². The number of carbonyl (C=O) groups excluding carboxylic acids is 1. The molecule has 1 unspecified atom stereocenters. The molecule has 4 nitrogen and oxygen atoms in total. The topological polar surface area (TPSA) is 35.6 Å². The summed E-state index contributed by atoms with van der Waals surface area (Å²) < 4.78 is 0. The second kappa shape index (κ2) is 6.86. The lowest BCUT2D eigenvalue weighted by molar-refractivity contribution is -0.130. The summed E-state index contributed by atoms with van der Waals surface area (Å²) in [4.78, 5) is 16.0. The Bertz CT molecular complexity index is 220. The summed E-state index contributed by atoms with van der Waals surface area (Å²) in [6.07, 6.45) is 1.84. The van der Waals surface area contributed by atoms with Crippen LogP contribution in [0.5, 0.6) is 0 Å². The second-order valence-electron chi connectivity index (χ2n) is 4.79. The van der Waals surface area contributed by atoms with Crippen LogP contribution in [0.3, 0.4) is 0 Å². The van der Waals surface area contributed by atoms with E-state index in [1.54, 1.807) is 0 Å². The number of rotatable bonds is 6. The molecule has 4 heteroatoms. The lowest BCUT2D eigenvalue weighted by Gasteiger charge is -2.21. The number of hydrogen-bond acceptors (Lipinski definition) is 3. The fourth-order valence-corrected chi connectivity index (χ4v) is 2.23. The highest BCUT2D eigenvalue weighted by Gasteiger charge is 2.22. The predicted molar refractivity (Wildman–Crippen MR) is 66.4 cm³/mol. The molecular formula is C12H25N3O. The van der Waals surface area contributed by atoms with Crippen molar-refractivity contribution in [3.05, 3.63) is 0 Å². The van der Waals surface area contributed by atoms with Gasteiger partial charge in [0.2, 0.25) is 5.91 Å². The third kappa shape index (κ3) is 4.49. The third-order valence-electron chi connectivity index (χ3n) is 3.21. The van der Waals surface area contributed by atoms with E-state index >= 15 is 0 Å². The van der Waals surface area contributed by atoms with E-state index in [-0.39, 0.29) is 5.91 Å². The van der Waals surface area contributed by atoms with E-state index in [9.17, 15) is 4.79 Å². The minimum atomic E-state index is 0.260. The zero-order valence-corrected chi connectivity index (χ0v) is 10.8. The van der Waals surface area contributed by atoms with Gasteiger partial charge in [-0.05, 0) is 32.5 Å². The zero-order valence-electron chi connectivity index (χ0n) is 10.8. The van der Waals surface area contributed by atoms with Crippen LogP contribution in [-0.2, 0) is 4.79 Å². The molecule has 0 aromatic heterocycles.